The Morgan fingerprint density at radius 3 is 1.07 bits per heavy atom. The van der Waals surface area contributed by atoms with Crippen molar-refractivity contribution < 1.29 is 38.9 Å². The second kappa shape index (κ2) is 20.3. The minimum Gasteiger partial charge on any atom is -0.444 e. The molecular weight excluding hydrogens is 520 g/mol. The fourth-order valence-corrected chi connectivity index (χ4v) is 3.62. The summed E-state index contributed by atoms with van der Waals surface area (Å²) in [4.78, 5) is 47.8. The SMILES string of the molecule is CC(C)(C)OC(=O)N[C@H](CO)C(=O)NCCCCCCCCCCCCNC(=O)[C@@H](CO)NC(=O)OC(C)(C)C. The summed E-state index contributed by atoms with van der Waals surface area (Å²) in [6.07, 6.45) is 8.82. The zero-order valence-electron chi connectivity index (χ0n) is 25.4. The number of aliphatic hydroxyl groups excluding tert-OH is 2. The highest BCUT2D eigenvalue weighted by Crippen LogP contribution is 2.11. The second-order valence-electron chi connectivity index (χ2n) is 11.9. The first-order chi connectivity index (χ1) is 18.7. The van der Waals surface area contributed by atoms with Crippen LogP contribution >= 0.6 is 0 Å². The van der Waals surface area contributed by atoms with E-state index in [1.807, 2.05) is 0 Å². The number of ether oxygens (including phenoxy) is 2. The molecule has 40 heavy (non-hydrogen) atoms. The van der Waals surface area contributed by atoms with Gasteiger partial charge in [0.2, 0.25) is 11.8 Å². The Labute approximate surface area is 239 Å². The molecular formula is C28H54N4O8. The first kappa shape index (κ1) is 37.4. The summed E-state index contributed by atoms with van der Waals surface area (Å²) in [6.45, 7) is 10.3. The molecule has 2 atom stereocenters. The lowest BCUT2D eigenvalue weighted by Gasteiger charge is -2.22. The number of aliphatic hydroxyl groups is 2. The molecule has 12 heteroatoms. The Hall–Kier alpha value is -2.60. The van der Waals surface area contributed by atoms with Gasteiger partial charge in [-0.2, -0.15) is 0 Å². The van der Waals surface area contributed by atoms with Crippen molar-refractivity contribution in [3.05, 3.63) is 0 Å². The molecule has 0 unspecified atom stereocenters. The molecule has 0 fully saturated rings. The van der Waals surface area contributed by atoms with E-state index in [1.165, 1.54) is 0 Å². The molecule has 0 heterocycles. The van der Waals surface area contributed by atoms with Gasteiger partial charge in [-0.15, -0.1) is 0 Å². The molecule has 0 radical (unpaired) electrons. The van der Waals surface area contributed by atoms with Gasteiger partial charge in [0.25, 0.3) is 0 Å². The van der Waals surface area contributed by atoms with Crippen LogP contribution in [0.4, 0.5) is 9.59 Å². The van der Waals surface area contributed by atoms with Gasteiger partial charge >= 0.3 is 12.2 Å². The van der Waals surface area contributed by atoms with Gasteiger partial charge in [-0.25, -0.2) is 9.59 Å². The first-order valence-electron chi connectivity index (χ1n) is 14.4. The van der Waals surface area contributed by atoms with Crippen LogP contribution in [0, 0.1) is 0 Å². The lowest BCUT2D eigenvalue weighted by Crippen LogP contribution is -2.50. The molecule has 0 aromatic rings. The third kappa shape index (κ3) is 21.2. The Kier molecular flexibility index (Phi) is 19.0. The quantitative estimate of drug-likeness (QED) is 0.128. The third-order valence-corrected chi connectivity index (χ3v) is 5.58. The molecule has 6 N–H and O–H groups in total. The molecule has 0 bridgehead atoms. The van der Waals surface area contributed by atoms with Crippen LogP contribution in [0.3, 0.4) is 0 Å². The zero-order chi connectivity index (χ0) is 30.6. The molecule has 4 amide bonds. The fourth-order valence-electron chi connectivity index (χ4n) is 3.62. The lowest BCUT2D eigenvalue weighted by atomic mass is 10.1. The molecule has 0 aliphatic heterocycles. The Balaban J connectivity index is 3.74. The molecule has 0 rings (SSSR count). The third-order valence-electron chi connectivity index (χ3n) is 5.58. The molecule has 0 saturated carbocycles. The van der Waals surface area contributed by atoms with Crippen molar-refractivity contribution in [3.63, 3.8) is 0 Å². The molecule has 0 saturated heterocycles. The van der Waals surface area contributed by atoms with E-state index in [1.54, 1.807) is 41.5 Å². The van der Waals surface area contributed by atoms with Gasteiger partial charge in [-0.05, 0) is 54.4 Å². The summed E-state index contributed by atoms with van der Waals surface area (Å²) in [7, 11) is 0. The Morgan fingerprint density at radius 2 is 0.825 bits per heavy atom. The van der Waals surface area contributed by atoms with Crippen LogP contribution in [-0.2, 0) is 19.1 Å². The maximum Gasteiger partial charge on any atom is 0.408 e. The van der Waals surface area contributed by atoms with Gasteiger partial charge in [-0.3, -0.25) is 9.59 Å². The minimum atomic E-state index is -1.04. The van der Waals surface area contributed by atoms with Crippen molar-refractivity contribution in [1.82, 2.24) is 21.3 Å². The van der Waals surface area contributed by atoms with E-state index in [2.05, 4.69) is 21.3 Å². The maximum atomic E-state index is 12.1. The largest absolute Gasteiger partial charge is 0.444 e. The second-order valence-corrected chi connectivity index (χ2v) is 11.9. The summed E-state index contributed by atoms with van der Waals surface area (Å²) in [5.41, 5.74) is -1.37. The summed E-state index contributed by atoms with van der Waals surface area (Å²) in [5, 5.41) is 29.0. The van der Waals surface area contributed by atoms with E-state index in [0.29, 0.717) is 13.1 Å². The van der Waals surface area contributed by atoms with Gasteiger partial charge in [0, 0.05) is 13.1 Å². The number of nitrogens with one attached hydrogen (secondary N) is 4. The highest BCUT2D eigenvalue weighted by Gasteiger charge is 2.24. The first-order valence-corrected chi connectivity index (χ1v) is 14.4. The van der Waals surface area contributed by atoms with Crippen molar-refractivity contribution in [1.29, 1.82) is 0 Å². The highest BCUT2D eigenvalue weighted by atomic mass is 16.6. The molecule has 234 valence electrons. The number of hydrogen-bond donors (Lipinski definition) is 6. The van der Waals surface area contributed by atoms with E-state index in [9.17, 15) is 29.4 Å². The van der Waals surface area contributed by atoms with Crippen molar-refractivity contribution in [3.8, 4) is 0 Å². The number of hydrogen-bond acceptors (Lipinski definition) is 8. The molecule has 0 aromatic carbocycles. The minimum absolute atomic E-state index is 0.432. The highest BCUT2D eigenvalue weighted by molar-refractivity contribution is 5.86. The topological polar surface area (TPSA) is 175 Å². The van der Waals surface area contributed by atoms with Crippen molar-refractivity contribution in [2.24, 2.45) is 0 Å². The smallest absolute Gasteiger partial charge is 0.408 e. The van der Waals surface area contributed by atoms with Gasteiger partial charge < -0.3 is 41.0 Å². The van der Waals surface area contributed by atoms with Crippen LogP contribution in [-0.4, -0.2) is 83.8 Å². The number of carbonyl (C=O) groups is 4. The van der Waals surface area contributed by atoms with Crippen LogP contribution in [0.5, 0.6) is 0 Å². The number of rotatable bonds is 19. The Morgan fingerprint density at radius 1 is 0.550 bits per heavy atom. The molecule has 0 spiro atoms. The zero-order valence-corrected chi connectivity index (χ0v) is 25.4. The van der Waals surface area contributed by atoms with Crippen LogP contribution in [0.2, 0.25) is 0 Å². The monoisotopic (exact) mass is 574 g/mol. The summed E-state index contributed by atoms with van der Waals surface area (Å²) < 4.78 is 10.2. The fraction of sp³-hybridized carbons (Fsp3) is 0.857. The number of alkyl carbamates (subject to hydrolysis) is 2. The average Bonchev–Trinajstić information content (AvgIpc) is 2.83. The average molecular weight is 575 g/mol. The number of unbranched alkanes of at least 4 members (excludes halogenated alkanes) is 9. The van der Waals surface area contributed by atoms with E-state index in [-0.39, 0.29) is 0 Å². The van der Waals surface area contributed by atoms with Gasteiger partial charge in [0.05, 0.1) is 13.2 Å². The van der Waals surface area contributed by atoms with Gasteiger partial charge in [-0.1, -0.05) is 51.4 Å². The predicted octanol–water partition coefficient (Wildman–Crippen LogP) is 2.89. The van der Waals surface area contributed by atoms with Crippen molar-refractivity contribution >= 4 is 24.0 Å². The van der Waals surface area contributed by atoms with Crippen molar-refractivity contribution in [2.75, 3.05) is 26.3 Å². The van der Waals surface area contributed by atoms with Gasteiger partial charge in [0.15, 0.2) is 0 Å². The van der Waals surface area contributed by atoms with E-state index >= 15 is 0 Å². The number of amides is 4. The van der Waals surface area contributed by atoms with E-state index in [4.69, 9.17) is 9.47 Å². The normalized spacial score (nSPS) is 13.1. The Bertz CT molecular complexity index is 688. The summed E-state index contributed by atoms with van der Waals surface area (Å²) in [6, 6.07) is -2.07. The maximum absolute atomic E-state index is 12.1. The summed E-state index contributed by atoms with van der Waals surface area (Å²) >= 11 is 0. The van der Waals surface area contributed by atoms with Crippen LogP contribution in [0.15, 0.2) is 0 Å². The summed E-state index contributed by atoms with van der Waals surface area (Å²) in [5.74, 6) is -0.864. The predicted molar refractivity (Wildman–Crippen MR) is 153 cm³/mol. The molecule has 0 aromatic heterocycles. The lowest BCUT2D eigenvalue weighted by molar-refractivity contribution is -0.124. The molecule has 0 aliphatic rings. The van der Waals surface area contributed by atoms with Crippen molar-refractivity contribution in [2.45, 2.75) is 129 Å². The number of carbonyl (C=O) groups excluding carboxylic acids is 4. The molecule has 0 aliphatic carbocycles. The van der Waals surface area contributed by atoms with Crippen LogP contribution in [0.25, 0.3) is 0 Å². The van der Waals surface area contributed by atoms with Gasteiger partial charge in [0.1, 0.15) is 23.3 Å². The van der Waals surface area contributed by atoms with E-state index < -0.39 is 60.5 Å². The van der Waals surface area contributed by atoms with Crippen LogP contribution in [0.1, 0.15) is 106 Å². The van der Waals surface area contributed by atoms with E-state index in [0.717, 1.165) is 64.2 Å². The molecule has 12 nitrogen and oxygen atoms in total. The standard InChI is InChI=1S/C28H54N4O8/c1-27(2,3)39-25(37)31-21(19-33)23(35)29-17-15-13-11-9-7-8-10-12-14-16-18-30-24(36)22(20-34)32-26(38)40-28(4,5)6/h21-22,33-34H,7-20H2,1-6H3,(H,29,35)(H,30,36)(H,31,37)(H,32,38)/t21-,22-/m1/s1. The van der Waals surface area contributed by atoms with Crippen LogP contribution < -0.4 is 21.3 Å².